The molecule has 0 bridgehead atoms. The molecule has 1 aliphatic carbocycles. The second-order valence-electron chi connectivity index (χ2n) is 10.4. The Morgan fingerprint density at radius 1 is 1.21 bits per heavy atom. The van der Waals surface area contributed by atoms with Crippen LogP contribution in [0.4, 0.5) is 26.1 Å². The molecule has 15 heteroatoms. The summed E-state index contributed by atoms with van der Waals surface area (Å²) in [5.41, 5.74) is 1.22. The van der Waals surface area contributed by atoms with Gasteiger partial charge in [-0.2, -0.15) is 23.1 Å². The molecule has 222 valence electrons. The molecule has 0 aliphatic heterocycles. The number of nitrogens with one attached hydrogen (secondary N) is 2. The highest BCUT2D eigenvalue weighted by Gasteiger charge is 2.29. The molecule has 0 amide bonds. The molecular formula is C27H31F2N9O3S. The number of allylic oxidation sites excluding steroid dienone is 1. The molecule has 4 heterocycles. The van der Waals surface area contributed by atoms with Crippen LogP contribution >= 0.6 is 0 Å². The van der Waals surface area contributed by atoms with Gasteiger partial charge in [0.2, 0.25) is 0 Å². The number of hydrogen-bond acceptors (Lipinski definition) is 10. The Morgan fingerprint density at radius 3 is 2.71 bits per heavy atom. The van der Waals surface area contributed by atoms with Crippen molar-refractivity contribution in [3.8, 4) is 22.6 Å². The Labute approximate surface area is 241 Å². The van der Waals surface area contributed by atoms with E-state index >= 15 is 0 Å². The topological polar surface area (TPSA) is 153 Å². The maximum absolute atomic E-state index is 13.2. The van der Waals surface area contributed by atoms with Gasteiger partial charge in [-0.3, -0.25) is 0 Å². The third kappa shape index (κ3) is 6.79. The molecule has 1 fully saturated rings. The van der Waals surface area contributed by atoms with E-state index in [1.54, 1.807) is 18.3 Å². The lowest BCUT2D eigenvalue weighted by molar-refractivity contribution is 0.0196. The van der Waals surface area contributed by atoms with E-state index in [-0.39, 0.29) is 17.6 Å². The van der Waals surface area contributed by atoms with Crippen molar-refractivity contribution in [1.29, 1.82) is 0 Å². The first-order chi connectivity index (χ1) is 20.0. The summed E-state index contributed by atoms with van der Waals surface area (Å²) in [7, 11) is -3.64. The number of aromatic nitrogens is 7. The van der Waals surface area contributed by atoms with E-state index in [1.165, 1.54) is 36.9 Å². The minimum atomic E-state index is -3.64. The van der Waals surface area contributed by atoms with Crippen LogP contribution in [0.1, 0.15) is 45.6 Å². The lowest BCUT2D eigenvalue weighted by Gasteiger charge is -2.34. The molecule has 4 aromatic heterocycles. The smallest absolute Gasteiger partial charge is 0.333 e. The van der Waals surface area contributed by atoms with Gasteiger partial charge in [0, 0.05) is 41.9 Å². The zero-order chi connectivity index (χ0) is 29.9. The quantitative estimate of drug-likeness (QED) is 0.209. The van der Waals surface area contributed by atoms with Gasteiger partial charge in [-0.05, 0) is 51.2 Å². The van der Waals surface area contributed by atoms with E-state index in [1.807, 2.05) is 6.92 Å². The molecule has 0 saturated heterocycles. The Bertz CT molecular complexity index is 1660. The highest BCUT2D eigenvalue weighted by atomic mass is 32.2. The Kier molecular flexibility index (Phi) is 8.31. The Morgan fingerprint density at radius 2 is 2.00 bits per heavy atom. The molecule has 12 nitrogen and oxygen atoms in total. The fourth-order valence-electron chi connectivity index (χ4n) is 4.64. The molecule has 1 aliphatic rings. The molecule has 1 saturated carbocycles. The molecule has 42 heavy (non-hydrogen) atoms. The first-order valence-electron chi connectivity index (χ1n) is 13.3. The molecule has 0 radical (unpaired) electrons. The maximum Gasteiger partial charge on any atom is 0.333 e. The summed E-state index contributed by atoms with van der Waals surface area (Å²) < 4.78 is 52.8. The lowest BCUT2D eigenvalue weighted by atomic mass is 9.83. The van der Waals surface area contributed by atoms with Crippen LogP contribution in [0.5, 0.6) is 0 Å². The predicted molar refractivity (Wildman–Crippen MR) is 154 cm³/mol. The second kappa shape index (κ2) is 11.9. The van der Waals surface area contributed by atoms with Crippen LogP contribution in [-0.2, 0) is 10.0 Å². The first kappa shape index (κ1) is 29.3. The highest BCUT2D eigenvalue weighted by molar-refractivity contribution is 7.89. The van der Waals surface area contributed by atoms with Crippen molar-refractivity contribution in [2.24, 2.45) is 0 Å². The molecule has 5 rings (SSSR count). The highest BCUT2D eigenvalue weighted by Crippen LogP contribution is 2.34. The molecule has 0 aromatic carbocycles. The van der Waals surface area contributed by atoms with Gasteiger partial charge in [-0.15, -0.1) is 6.58 Å². The van der Waals surface area contributed by atoms with E-state index in [9.17, 15) is 22.3 Å². The largest absolute Gasteiger partial charge is 0.390 e. The van der Waals surface area contributed by atoms with Crippen molar-refractivity contribution in [1.82, 2.24) is 33.9 Å². The van der Waals surface area contributed by atoms with Gasteiger partial charge in [-0.25, -0.2) is 28.1 Å². The zero-order valence-corrected chi connectivity index (χ0v) is 23.7. The predicted octanol–water partition coefficient (Wildman–Crippen LogP) is 4.60. The Hall–Kier alpha value is -4.24. The summed E-state index contributed by atoms with van der Waals surface area (Å²) in [4.78, 5) is 13.2. The number of alkyl halides is 2. The minimum absolute atomic E-state index is 0.0568. The Balaban J connectivity index is 1.40. The number of nitrogens with zero attached hydrogens (tertiary/aromatic N) is 7. The molecule has 0 unspecified atom stereocenters. The standard InChI is InChI=1S/C27H31F2N9O3S/c1-3-4-13-42(40,41)38-17-18(15-32-38)25-30-11-7-23(35-25)34-24-14-22(33-19-5-9-27(2,39)10-6-19)20(16-31-24)21-8-12-37(36-21)26(28)29/h3,7-8,11-12,14-17,19,26,39H,1,4-6,9-10,13H2,2H3,(H2,30,31,33,34,35). The van der Waals surface area contributed by atoms with Gasteiger partial charge >= 0.3 is 6.55 Å². The van der Waals surface area contributed by atoms with Crippen LogP contribution in [0.3, 0.4) is 0 Å². The minimum Gasteiger partial charge on any atom is -0.390 e. The average Bonchev–Trinajstić information content (AvgIpc) is 3.65. The lowest BCUT2D eigenvalue weighted by Crippen LogP contribution is -2.35. The van der Waals surface area contributed by atoms with Crippen molar-refractivity contribution < 1.29 is 22.3 Å². The number of anilines is 3. The molecular weight excluding hydrogens is 568 g/mol. The summed E-state index contributed by atoms with van der Waals surface area (Å²) in [6, 6.07) is 4.93. The van der Waals surface area contributed by atoms with Crippen molar-refractivity contribution in [3.05, 3.63) is 61.8 Å². The number of rotatable bonds is 11. The zero-order valence-electron chi connectivity index (χ0n) is 22.9. The first-order valence-corrected chi connectivity index (χ1v) is 15.0. The van der Waals surface area contributed by atoms with Crippen LogP contribution in [0.15, 0.2) is 61.8 Å². The van der Waals surface area contributed by atoms with E-state index < -0.39 is 22.2 Å². The van der Waals surface area contributed by atoms with Crippen LogP contribution in [-0.4, -0.2) is 64.8 Å². The van der Waals surface area contributed by atoms with Crippen LogP contribution < -0.4 is 10.6 Å². The summed E-state index contributed by atoms with van der Waals surface area (Å²) in [5.74, 6) is 0.946. The van der Waals surface area contributed by atoms with Crippen molar-refractivity contribution in [2.45, 2.75) is 57.2 Å². The third-order valence-corrected chi connectivity index (χ3v) is 8.53. The summed E-state index contributed by atoms with van der Waals surface area (Å²) in [6.07, 6.45) is 11.6. The van der Waals surface area contributed by atoms with E-state index in [0.717, 1.165) is 16.9 Å². The third-order valence-electron chi connectivity index (χ3n) is 7.01. The molecule has 4 aromatic rings. The van der Waals surface area contributed by atoms with E-state index in [4.69, 9.17) is 0 Å². The average molecular weight is 600 g/mol. The number of pyridine rings is 1. The van der Waals surface area contributed by atoms with E-state index in [2.05, 4.69) is 42.4 Å². The summed E-state index contributed by atoms with van der Waals surface area (Å²) in [6.45, 7) is 2.61. The summed E-state index contributed by atoms with van der Waals surface area (Å²) in [5, 5.41) is 24.9. The van der Waals surface area contributed by atoms with Crippen LogP contribution in [0, 0.1) is 0 Å². The normalized spacial score (nSPS) is 19.1. The second-order valence-corrected chi connectivity index (χ2v) is 12.3. The van der Waals surface area contributed by atoms with Gasteiger partial charge in [0.15, 0.2) is 5.82 Å². The van der Waals surface area contributed by atoms with E-state index in [0.29, 0.717) is 58.1 Å². The maximum atomic E-state index is 13.2. The number of hydrogen-bond donors (Lipinski definition) is 3. The molecule has 0 atom stereocenters. The fraction of sp³-hybridized carbons (Fsp3) is 0.370. The van der Waals surface area contributed by atoms with Crippen LogP contribution in [0.2, 0.25) is 0 Å². The monoisotopic (exact) mass is 599 g/mol. The summed E-state index contributed by atoms with van der Waals surface area (Å²) >= 11 is 0. The van der Waals surface area contributed by atoms with Gasteiger partial charge in [0.05, 0.1) is 35.0 Å². The van der Waals surface area contributed by atoms with Crippen LogP contribution in [0.25, 0.3) is 22.6 Å². The fourth-order valence-corrected chi connectivity index (χ4v) is 5.75. The SMILES string of the molecule is C=CCCS(=O)(=O)n1cc(-c2nccc(Nc3cc(NC4CCC(C)(O)CC4)c(-c4ccn(C(F)F)n4)cn3)n2)cn1. The van der Waals surface area contributed by atoms with Crippen molar-refractivity contribution in [2.75, 3.05) is 16.4 Å². The molecule has 0 spiro atoms. The van der Waals surface area contributed by atoms with Crippen molar-refractivity contribution >= 4 is 27.3 Å². The van der Waals surface area contributed by atoms with Gasteiger partial charge in [-0.1, -0.05) is 6.08 Å². The van der Waals surface area contributed by atoms with Crippen molar-refractivity contribution in [3.63, 3.8) is 0 Å². The molecule has 3 N–H and O–H groups in total. The van der Waals surface area contributed by atoms with Gasteiger partial charge in [0.1, 0.15) is 11.6 Å². The number of aliphatic hydroxyl groups is 1. The van der Waals surface area contributed by atoms with Gasteiger partial charge in [0.25, 0.3) is 10.0 Å². The van der Waals surface area contributed by atoms with Gasteiger partial charge < -0.3 is 15.7 Å². The number of halogens is 2.